The Kier molecular flexibility index (Phi) is 10.6. The largest absolute Gasteiger partial charge is 0.479 e. The molecule has 0 amide bonds. The molecular formula is C22H32O4. The van der Waals surface area contributed by atoms with Gasteiger partial charge in [0.1, 0.15) is 0 Å². The molecule has 1 aliphatic rings. The average Bonchev–Trinajstić information content (AvgIpc) is 2.94. The van der Waals surface area contributed by atoms with Crippen molar-refractivity contribution in [1.82, 2.24) is 0 Å². The van der Waals surface area contributed by atoms with E-state index in [0.29, 0.717) is 6.42 Å². The Bertz CT molecular complexity index is 579. The minimum Gasteiger partial charge on any atom is -0.479 e. The molecule has 0 aliphatic heterocycles. The molecule has 0 fully saturated rings. The highest BCUT2D eigenvalue weighted by Crippen LogP contribution is 2.29. The number of carbonyl (C=O) groups is 2. The standard InChI is InChI=1S/C22H32O4/c1-3-4-5-6-7-8-9-12-18-14-15-20(23)19(18)16-17(2)11-10-13-21(24)22(25)26/h9-10,12,14-15,18-19,21,24H,3-8,13,16H2,1-2H3,(H,25,26)/t11?,18-,19+,21?/m0/s1. The fourth-order valence-electron chi connectivity index (χ4n) is 3.04. The van der Waals surface area contributed by atoms with Gasteiger partial charge in [0.25, 0.3) is 0 Å². The Morgan fingerprint density at radius 3 is 2.73 bits per heavy atom. The molecule has 1 aliphatic carbocycles. The maximum atomic E-state index is 12.1. The number of hydrogen-bond acceptors (Lipinski definition) is 3. The highest BCUT2D eigenvalue weighted by Gasteiger charge is 2.28. The lowest BCUT2D eigenvalue weighted by atomic mass is 9.88. The molecule has 0 aromatic rings. The number of aliphatic carboxylic acids is 1. The Hall–Kier alpha value is -1.90. The van der Waals surface area contributed by atoms with E-state index < -0.39 is 12.1 Å². The highest BCUT2D eigenvalue weighted by atomic mass is 16.4. The van der Waals surface area contributed by atoms with Crippen LogP contribution >= 0.6 is 0 Å². The van der Waals surface area contributed by atoms with Crippen molar-refractivity contribution in [3.63, 3.8) is 0 Å². The summed E-state index contributed by atoms with van der Waals surface area (Å²) in [5, 5.41) is 17.9. The van der Waals surface area contributed by atoms with Crippen molar-refractivity contribution in [1.29, 1.82) is 0 Å². The molecule has 0 heterocycles. The molecule has 0 bridgehead atoms. The number of carboxylic acids is 1. The minimum absolute atomic E-state index is 0.0187. The molecule has 26 heavy (non-hydrogen) atoms. The van der Waals surface area contributed by atoms with Crippen molar-refractivity contribution in [3.8, 4) is 0 Å². The van der Waals surface area contributed by atoms with Gasteiger partial charge < -0.3 is 10.2 Å². The Morgan fingerprint density at radius 1 is 1.31 bits per heavy atom. The van der Waals surface area contributed by atoms with Crippen molar-refractivity contribution in [2.75, 3.05) is 0 Å². The van der Waals surface area contributed by atoms with Crippen molar-refractivity contribution in [2.45, 2.75) is 71.3 Å². The molecular weight excluding hydrogens is 328 g/mol. The molecule has 4 nitrogen and oxygen atoms in total. The van der Waals surface area contributed by atoms with Gasteiger partial charge >= 0.3 is 5.97 Å². The van der Waals surface area contributed by atoms with Gasteiger partial charge in [-0.25, -0.2) is 4.79 Å². The van der Waals surface area contributed by atoms with Gasteiger partial charge in [-0.05, 0) is 43.9 Å². The molecule has 1 rings (SSSR count). The number of carbonyl (C=O) groups excluding carboxylic acids is 1. The summed E-state index contributed by atoms with van der Waals surface area (Å²) in [6, 6.07) is 0. The third-order valence-electron chi connectivity index (χ3n) is 4.65. The molecule has 3 atom stereocenters. The summed E-state index contributed by atoms with van der Waals surface area (Å²) < 4.78 is 0. The number of aliphatic hydroxyl groups is 1. The average molecular weight is 360 g/mol. The predicted molar refractivity (Wildman–Crippen MR) is 104 cm³/mol. The van der Waals surface area contributed by atoms with Gasteiger partial charge in [0, 0.05) is 18.3 Å². The van der Waals surface area contributed by atoms with Gasteiger partial charge in [-0.1, -0.05) is 50.8 Å². The summed E-state index contributed by atoms with van der Waals surface area (Å²) in [6.07, 6.45) is 16.0. The number of ketones is 1. The first-order valence-corrected chi connectivity index (χ1v) is 9.66. The zero-order valence-electron chi connectivity index (χ0n) is 16.0. The van der Waals surface area contributed by atoms with Gasteiger partial charge in [-0.15, -0.1) is 5.73 Å². The third-order valence-corrected chi connectivity index (χ3v) is 4.65. The molecule has 144 valence electrons. The van der Waals surface area contributed by atoms with Crippen LogP contribution in [-0.4, -0.2) is 28.1 Å². The van der Waals surface area contributed by atoms with Gasteiger partial charge in [-0.2, -0.15) is 0 Å². The van der Waals surface area contributed by atoms with Crippen molar-refractivity contribution in [2.24, 2.45) is 11.8 Å². The maximum Gasteiger partial charge on any atom is 0.332 e. The van der Waals surface area contributed by atoms with Crippen LogP contribution in [0, 0.1) is 11.8 Å². The molecule has 1 unspecified atom stereocenters. The number of hydrogen-bond donors (Lipinski definition) is 2. The molecule has 0 spiro atoms. The van der Waals surface area contributed by atoms with Crippen LogP contribution in [0.5, 0.6) is 0 Å². The number of carboxylic acid groups (broad SMARTS) is 1. The summed E-state index contributed by atoms with van der Waals surface area (Å²) in [5.41, 5.74) is 3.89. The lowest BCUT2D eigenvalue weighted by Crippen LogP contribution is -2.17. The van der Waals surface area contributed by atoms with E-state index in [0.717, 1.165) is 12.0 Å². The molecule has 2 N–H and O–H groups in total. The summed E-state index contributed by atoms with van der Waals surface area (Å²) in [4.78, 5) is 22.7. The zero-order chi connectivity index (χ0) is 19.4. The van der Waals surface area contributed by atoms with Gasteiger partial charge in [0.05, 0.1) is 0 Å². The van der Waals surface area contributed by atoms with E-state index in [1.54, 1.807) is 6.08 Å². The zero-order valence-corrected chi connectivity index (χ0v) is 16.0. The summed E-state index contributed by atoms with van der Waals surface area (Å²) in [6.45, 7) is 4.09. The second kappa shape index (κ2) is 12.5. The first-order valence-electron chi connectivity index (χ1n) is 9.66. The number of rotatable bonds is 12. The summed E-state index contributed by atoms with van der Waals surface area (Å²) >= 11 is 0. The van der Waals surface area contributed by atoms with Crippen LogP contribution in [0.25, 0.3) is 0 Å². The van der Waals surface area contributed by atoms with Gasteiger partial charge in [-0.3, -0.25) is 4.79 Å². The van der Waals surface area contributed by atoms with Crippen LogP contribution in [0.3, 0.4) is 0 Å². The van der Waals surface area contributed by atoms with E-state index in [9.17, 15) is 14.7 Å². The number of allylic oxidation sites excluding steroid dienone is 4. The Balaban J connectivity index is 2.49. The maximum absolute atomic E-state index is 12.1. The Morgan fingerprint density at radius 2 is 2.04 bits per heavy atom. The van der Waals surface area contributed by atoms with Crippen molar-refractivity contribution < 1.29 is 19.8 Å². The van der Waals surface area contributed by atoms with E-state index in [-0.39, 0.29) is 24.0 Å². The third kappa shape index (κ3) is 8.46. The first-order chi connectivity index (χ1) is 12.5. The van der Waals surface area contributed by atoms with Crippen LogP contribution in [-0.2, 0) is 9.59 Å². The fraction of sp³-hybridized carbons (Fsp3) is 0.591. The second-order valence-corrected chi connectivity index (χ2v) is 7.00. The topological polar surface area (TPSA) is 74.6 Å². The smallest absolute Gasteiger partial charge is 0.332 e. The Labute approximate surface area is 157 Å². The van der Waals surface area contributed by atoms with Crippen molar-refractivity contribution in [3.05, 3.63) is 41.7 Å². The van der Waals surface area contributed by atoms with Crippen LogP contribution in [0.15, 0.2) is 41.7 Å². The molecule has 0 aromatic carbocycles. The lowest BCUT2D eigenvalue weighted by Gasteiger charge is -2.14. The second-order valence-electron chi connectivity index (χ2n) is 7.00. The van der Waals surface area contributed by atoms with Crippen LogP contribution in [0.2, 0.25) is 0 Å². The first kappa shape index (κ1) is 22.1. The quantitative estimate of drug-likeness (QED) is 0.303. The highest BCUT2D eigenvalue weighted by molar-refractivity contribution is 5.95. The monoisotopic (exact) mass is 360 g/mol. The lowest BCUT2D eigenvalue weighted by molar-refractivity contribution is -0.146. The van der Waals surface area contributed by atoms with Crippen LogP contribution in [0.4, 0.5) is 0 Å². The predicted octanol–water partition coefficient (Wildman–Crippen LogP) is 4.60. The van der Waals surface area contributed by atoms with E-state index in [2.05, 4.69) is 24.8 Å². The SMILES string of the molecule is CCCCCCCC=C[C@H]1C=CC(=O)[C@@H]1CC(C)=C=CCC(O)C(=O)O. The molecule has 0 saturated carbocycles. The molecule has 0 aromatic heterocycles. The van der Waals surface area contributed by atoms with E-state index in [1.807, 2.05) is 13.0 Å². The summed E-state index contributed by atoms with van der Waals surface area (Å²) in [5.74, 6) is -1.08. The van der Waals surface area contributed by atoms with Crippen LogP contribution < -0.4 is 0 Å². The van der Waals surface area contributed by atoms with Gasteiger partial charge in [0.2, 0.25) is 0 Å². The van der Waals surface area contributed by atoms with E-state index >= 15 is 0 Å². The summed E-state index contributed by atoms with van der Waals surface area (Å²) in [7, 11) is 0. The van der Waals surface area contributed by atoms with E-state index in [1.165, 1.54) is 38.2 Å². The molecule has 0 saturated heterocycles. The fourth-order valence-corrected chi connectivity index (χ4v) is 3.04. The molecule has 4 heteroatoms. The normalized spacial score (nSPS) is 20.3. The van der Waals surface area contributed by atoms with Crippen LogP contribution in [0.1, 0.15) is 65.2 Å². The van der Waals surface area contributed by atoms with Gasteiger partial charge in [0.15, 0.2) is 11.9 Å². The molecule has 0 radical (unpaired) electrons. The van der Waals surface area contributed by atoms with Crippen molar-refractivity contribution >= 4 is 11.8 Å². The van der Waals surface area contributed by atoms with E-state index in [4.69, 9.17) is 5.11 Å². The minimum atomic E-state index is -1.40. The number of aliphatic hydroxyl groups excluding tert-OH is 1. The number of unbranched alkanes of at least 4 members (excludes halogenated alkanes) is 5.